The molecule has 1 unspecified atom stereocenters. The molecule has 4 heteroatoms. The Hall–Kier alpha value is -1.81. The Morgan fingerprint density at radius 3 is 2.89 bits per heavy atom. The molecule has 1 heterocycles. The lowest BCUT2D eigenvalue weighted by atomic mass is 10.2. The second-order valence-electron chi connectivity index (χ2n) is 4.33. The molecule has 0 fully saturated rings. The average molecular weight is 245 g/mol. The first kappa shape index (κ1) is 12.6. The lowest BCUT2D eigenvalue weighted by Crippen LogP contribution is -2.20. The van der Waals surface area contributed by atoms with E-state index in [0.29, 0.717) is 0 Å². The molecule has 1 atom stereocenters. The fraction of sp³-hybridized carbons (Fsp3) is 0.357. The fourth-order valence-corrected chi connectivity index (χ4v) is 1.97. The minimum Gasteiger partial charge on any atom is -0.497 e. The van der Waals surface area contributed by atoms with E-state index in [9.17, 15) is 0 Å². The van der Waals surface area contributed by atoms with Gasteiger partial charge in [-0.05, 0) is 30.7 Å². The Morgan fingerprint density at radius 1 is 1.39 bits per heavy atom. The first-order valence-electron chi connectivity index (χ1n) is 6.05. The lowest BCUT2D eigenvalue weighted by molar-refractivity contribution is 0.413. The van der Waals surface area contributed by atoms with Crippen molar-refractivity contribution in [2.24, 2.45) is 7.05 Å². The zero-order valence-corrected chi connectivity index (χ0v) is 11.1. The number of methoxy groups -OCH3 is 1. The van der Waals surface area contributed by atoms with Crippen LogP contribution in [0.4, 0.5) is 0 Å². The number of aryl methyl sites for hydroxylation is 1. The molecule has 0 aliphatic carbocycles. The maximum atomic E-state index is 5.21. The van der Waals surface area contributed by atoms with E-state index in [1.165, 1.54) is 11.3 Å². The number of benzene rings is 1. The molecule has 96 valence electrons. The van der Waals surface area contributed by atoms with Gasteiger partial charge in [0.05, 0.1) is 12.8 Å². The molecule has 1 aromatic carbocycles. The number of nitrogens with zero attached hydrogens (tertiary/aromatic N) is 2. The normalized spacial score (nSPS) is 12.4. The molecule has 1 aromatic heterocycles. The highest BCUT2D eigenvalue weighted by Gasteiger charge is 2.08. The van der Waals surface area contributed by atoms with Gasteiger partial charge in [0.1, 0.15) is 5.75 Å². The van der Waals surface area contributed by atoms with E-state index >= 15 is 0 Å². The summed E-state index contributed by atoms with van der Waals surface area (Å²) in [6.07, 6.45) is 1.82. The van der Waals surface area contributed by atoms with Crippen molar-refractivity contribution in [2.45, 2.75) is 19.5 Å². The summed E-state index contributed by atoms with van der Waals surface area (Å²) >= 11 is 0. The van der Waals surface area contributed by atoms with Gasteiger partial charge in [0.25, 0.3) is 0 Å². The van der Waals surface area contributed by atoms with Gasteiger partial charge in [-0.25, -0.2) is 0 Å². The molecule has 0 spiro atoms. The molecule has 0 aliphatic rings. The van der Waals surface area contributed by atoms with Gasteiger partial charge in [0.15, 0.2) is 0 Å². The first-order chi connectivity index (χ1) is 8.70. The summed E-state index contributed by atoms with van der Waals surface area (Å²) in [6.45, 7) is 2.95. The van der Waals surface area contributed by atoms with Gasteiger partial charge in [-0.2, -0.15) is 5.10 Å². The molecule has 0 saturated heterocycles. The van der Waals surface area contributed by atoms with Crippen LogP contribution >= 0.6 is 0 Å². The first-order valence-corrected chi connectivity index (χ1v) is 6.05. The van der Waals surface area contributed by atoms with E-state index < -0.39 is 0 Å². The number of hydrogen-bond donors (Lipinski definition) is 1. The molecular formula is C14H19N3O. The monoisotopic (exact) mass is 245 g/mol. The van der Waals surface area contributed by atoms with Crippen molar-refractivity contribution in [1.29, 1.82) is 0 Å². The van der Waals surface area contributed by atoms with Crippen molar-refractivity contribution in [1.82, 2.24) is 15.1 Å². The van der Waals surface area contributed by atoms with Crippen LogP contribution < -0.4 is 10.1 Å². The summed E-state index contributed by atoms with van der Waals surface area (Å²) in [5.41, 5.74) is 2.39. The molecular weight excluding hydrogens is 226 g/mol. The second kappa shape index (κ2) is 5.69. The maximum Gasteiger partial charge on any atom is 0.119 e. The minimum absolute atomic E-state index is 0.267. The van der Waals surface area contributed by atoms with E-state index in [2.05, 4.69) is 23.4 Å². The Morgan fingerprint density at radius 2 is 2.22 bits per heavy atom. The van der Waals surface area contributed by atoms with Crippen LogP contribution in [0.3, 0.4) is 0 Å². The average Bonchev–Trinajstić information content (AvgIpc) is 2.82. The smallest absolute Gasteiger partial charge is 0.119 e. The van der Waals surface area contributed by atoms with E-state index in [-0.39, 0.29) is 6.04 Å². The van der Waals surface area contributed by atoms with E-state index in [1.54, 1.807) is 7.11 Å². The van der Waals surface area contributed by atoms with Crippen LogP contribution in [0.2, 0.25) is 0 Å². The Labute approximate surface area is 108 Å². The Balaban J connectivity index is 1.97. The summed E-state index contributed by atoms with van der Waals surface area (Å²) in [7, 11) is 3.64. The molecule has 1 N–H and O–H groups in total. The maximum absolute atomic E-state index is 5.21. The predicted octanol–water partition coefficient (Wildman–Crippen LogP) is 2.28. The fourth-order valence-electron chi connectivity index (χ4n) is 1.97. The van der Waals surface area contributed by atoms with Crippen molar-refractivity contribution < 1.29 is 4.74 Å². The van der Waals surface area contributed by atoms with Crippen LogP contribution in [0.15, 0.2) is 36.5 Å². The highest BCUT2D eigenvalue weighted by molar-refractivity contribution is 5.28. The SMILES string of the molecule is COc1cccc(CNC(C)c2ccnn2C)c1. The molecule has 4 nitrogen and oxygen atoms in total. The van der Waals surface area contributed by atoms with Gasteiger partial charge in [-0.3, -0.25) is 4.68 Å². The number of nitrogens with one attached hydrogen (secondary N) is 1. The van der Waals surface area contributed by atoms with Gasteiger partial charge in [-0.15, -0.1) is 0 Å². The molecule has 0 amide bonds. The number of ether oxygens (including phenoxy) is 1. The van der Waals surface area contributed by atoms with Gasteiger partial charge in [0, 0.05) is 25.8 Å². The van der Waals surface area contributed by atoms with Crippen molar-refractivity contribution >= 4 is 0 Å². The largest absolute Gasteiger partial charge is 0.497 e. The number of rotatable bonds is 5. The summed E-state index contributed by atoms with van der Waals surface area (Å²) in [6, 6.07) is 10.4. The number of aromatic nitrogens is 2. The lowest BCUT2D eigenvalue weighted by Gasteiger charge is -2.14. The zero-order chi connectivity index (χ0) is 13.0. The van der Waals surface area contributed by atoms with Gasteiger partial charge >= 0.3 is 0 Å². The van der Waals surface area contributed by atoms with Gasteiger partial charge < -0.3 is 10.1 Å². The van der Waals surface area contributed by atoms with Crippen molar-refractivity contribution in [3.63, 3.8) is 0 Å². The van der Waals surface area contributed by atoms with Crippen LogP contribution in [-0.4, -0.2) is 16.9 Å². The van der Waals surface area contributed by atoms with E-state index in [1.807, 2.05) is 42.2 Å². The summed E-state index contributed by atoms with van der Waals surface area (Å²) < 4.78 is 7.10. The van der Waals surface area contributed by atoms with Crippen LogP contribution in [0.25, 0.3) is 0 Å². The molecule has 0 radical (unpaired) electrons. The molecule has 18 heavy (non-hydrogen) atoms. The van der Waals surface area contributed by atoms with Crippen LogP contribution in [-0.2, 0) is 13.6 Å². The predicted molar refractivity (Wildman–Crippen MR) is 71.5 cm³/mol. The van der Waals surface area contributed by atoms with Crippen LogP contribution in [0, 0.1) is 0 Å². The standard InChI is InChI=1S/C14H19N3O/c1-11(14-7-8-16-17(14)2)15-10-12-5-4-6-13(9-12)18-3/h4-9,11,15H,10H2,1-3H3. The van der Waals surface area contributed by atoms with Crippen LogP contribution in [0.5, 0.6) is 5.75 Å². The Kier molecular flexibility index (Phi) is 3.99. The second-order valence-corrected chi connectivity index (χ2v) is 4.33. The highest BCUT2D eigenvalue weighted by atomic mass is 16.5. The molecule has 2 rings (SSSR count). The highest BCUT2D eigenvalue weighted by Crippen LogP contribution is 2.15. The Bertz CT molecular complexity index is 507. The van der Waals surface area contributed by atoms with E-state index in [0.717, 1.165) is 12.3 Å². The zero-order valence-electron chi connectivity index (χ0n) is 11.1. The molecule has 0 aliphatic heterocycles. The quantitative estimate of drug-likeness (QED) is 0.878. The van der Waals surface area contributed by atoms with Crippen molar-refractivity contribution in [3.8, 4) is 5.75 Å². The third kappa shape index (κ3) is 2.90. The molecule has 0 bridgehead atoms. The number of hydrogen-bond acceptors (Lipinski definition) is 3. The summed E-state index contributed by atoms with van der Waals surface area (Å²) in [4.78, 5) is 0. The third-order valence-corrected chi connectivity index (χ3v) is 3.05. The minimum atomic E-state index is 0.267. The van der Waals surface area contributed by atoms with Gasteiger partial charge in [0.2, 0.25) is 0 Å². The van der Waals surface area contributed by atoms with E-state index in [4.69, 9.17) is 4.74 Å². The third-order valence-electron chi connectivity index (χ3n) is 3.05. The summed E-state index contributed by atoms with van der Waals surface area (Å²) in [5.74, 6) is 0.891. The van der Waals surface area contributed by atoms with Gasteiger partial charge in [-0.1, -0.05) is 12.1 Å². The molecule has 0 saturated carbocycles. The van der Waals surface area contributed by atoms with Crippen molar-refractivity contribution in [3.05, 3.63) is 47.8 Å². The molecule has 2 aromatic rings. The van der Waals surface area contributed by atoms with Crippen LogP contribution in [0.1, 0.15) is 24.2 Å². The van der Waals surface area contributed by atoms with Crippen molar-refractivity contribution in [2.75, 3.05) is 7.11 Å². The summed E-state index contributed by atoms with van der Waals surface area (Å²) in [5, 5.41) is 7.65. The topological polar surface area (TPSA) is 39.1 Å².